The fraction of sp³-hybridized carbons (Fsp3) is 0.130. The Bertz CT molecular complexity index is 1100. The molecule has 134 valence electrons. The highest BCUT2D eigenvalue weighted by Crippen LogP contribution is 2.17. The van der Waals surface area contributed by atoms with E-state index in [9.17, 15) is 4.79 Å². The van der Waals surface area contributed by atoms with Crippen LogP contribution in [0, 0.1) is 6.92 Å². The van der Waals surface area contributed by atoms with Gasteiger partial charge >= 0.3 is 0 Å². The second-order valence-corrected chi connectivity index (χ2v) is 6.77. The highest BCUT2D eigenvalue weighted by atomic mass is 16.1. The summed E-state index contributed by atoms with van der Waals surface area (Å²) in [6.07, 6.45) is 2.04. The number of carbonyl (C=O) groups is 1. The van der Waals surface area contributed by atoms with Crippen LogP contribution < -0.4 is 5.32 Å². The van der Waals surface area contributed by atoms with Gasteiger partial charge in [-0.15, -0.1) is 0 Å². The number of nitrogens with zero attached hydrogens (tertiary/aromatic N) is 2. The second kappa shape index (κ2) is 7.46. The molecule has 0 saturated heterocycles. The number of rotatable bonds is 5. The van der Waals surface area contributed by atoms with E-state index in [1.54, 1.807) is 6.20 Å². The predicted molar refractivity (Wildman–Crippen MR) is 109 cm³/mol. The van der Waals surface area contributed by atoms with Crippen LogP contribution >= 0.6 is 0 Å². The van der Waals surface area contributed by atoms with E-state index in [0.717, 1.165) is 16.5 Å². The summed E-state index contributed by atoms with van der Waals surface area (Å²) in [7, 11) is 0. The number of aryl methyl sites for hydroxylation is 1. The number of hydrogen-bond donors (Lipinski definition) is 1. The first kappa shape index (κ1) is 17.0. The van der Waals surface area contributed by atoms with Crippen molar-refractivity contribution in [2.75, 3.05) is 5.32 Å². The highest BCUT2D eigenvalue weighted by Gasteiger charge is 2.09. The zero-order valence-electron chi connectivity index (χ0n) is 15.2. The number of anilines is 1. The average Bonchev–Trinajstić information content (AvgIpc) is 3.08. The lowest BCUT2D eigenvalue weighted by atomic mass is 10.1. The molecule has 4 nitrogen and oxygen atoms in total. The maximum absolute atomic E-state index is 12.5. The molecule has 4 rings (SSSR count). The summed E-state index contributed by atoms with van der Waals surface area (Å²) in [4.78, 5) is 12.5. The Morgan fingerprint density at radius 2 is 1.78 bits per heavy atom. The SMILES string of the molecule is Cc1cccc(Cn2nccc2NC(=O)Cc2ccc3ccccc3c2)c1. The summed E-state index contributed by atoms with van der Waals surface area (Å²) in [5.74, 6) is 0.665. The Balaban J connectivity index is 1.46. The third kappa shape index (κ3) is 4.06. The van der Waals surface area contributed by atoms with Crippen molar-refractivity contribution in [2.24, 2.45) is 0 Å². The van der Waals surface area contributed by atoms with Gasteiger partial charge in [0.25, 0.3) is 0 Å². The molecule has 0 bridgehead atoms. The Labute approximate surface area is 158 Å². The number of amides is 1. The van der Waals surface area contributed by atoms with Gasteiger partial charge in [0, 0.05) is 6.07 Å². The van der Waals surface area contributed by atoms with Crippen LogP contribution in [0.5, 0.6) is 0 Å². The second-order valence-electron chi connectivity index (χ2n) is 6.77. The fourth-order valence-corrected chi connectivity index (χ4v) is 3.27. The van der Waals surface area contributed by atoms with E-state index in [2.05, 4.69) is 59.8 Å². The quantitative estimate of drug-likeness (QED) is 0.570. The maximum Gasteiger partial charge on any atom is 0.229 e. The van der Waals surface area contributed by atoms with Gasteiger partial charge in [-0.25, -0.2) is 4.68 Å². The van der Waals surface area contributed by atoms with Crippen molar-refractivity contribution in [3.05, 3.63) is 95.7 Å². The molecule has 27 heavy (non-hydrogen) atoms. The summed E-state index contributed by atoms with van der Waals surface area (Å²) in [5, 5.41) is 9.65. The van der Waals surface area contributed by atoms with Gasteiger partial charge in [0.1, 0.15) is 5.82 Å². The predicted octanol–water partition coefficient (Wildman–Crippen LogP) is 4.57. The topological polar surface area (TPSA) is 46.9 Å². The minimum absolute atomic E-state index is 0.0451. The molecule has 0 saturated carbocycles. The highest BCUT2D eigenvalue weighted by molar-refractivity contribution is 5.92. The molecule has 3 aromatic carbocycles. The van der Waals surface area contributed by atoms with Gasteiger partial charge in [0.2, 0.25) is 5.91 Å². The summed E-state index contributed by atoms with van der Waals surface area (Å²) < 4.78 is 1.81. The normalized spacial score (nSPS) is 10.9. The number of carbonyl (C=O) groups excluding carboxylic acids is 1. The first-order chi connectivity index (χ1) is 13.2. The van der Waals surface area contributed by atoms with E-state index in [-0.39, 0.29) is 5.91 Å². The number of fused-ring (bicyclic) bond motifs is 1. The van der Waals surface area contributed by atoms with Crippen molar-refractivity contribution in [3.63, 3.8) is 0 Å². The molecule has 1 aromatic heterocycles. The van der Waals surface area contributed by atoms with E-state index in [1.807, 2.05) is 35.0 Å². The number of nitrogens with one attached hydrogen (secondary N) is 1. The molecule has 0 fully saturated rings. The molecule has 0 radical (unpaired) electrons. The lowest BCUT2D eigenvalue weighted by molar-refractivity contribution is -0.115. The standard InChI is InChI=1S/C23H21N3O/c1-17-5-4-6-19(13-17)16-26-22(11-12-24-26)25-23(27)15-18-9-10-20-7-2-3-8-21(20)14-18/h2-14H,15-16H2,1H3,(H,25,27). The average molecular weight is 355 g/mol. The zero-order chi connectivity index (χ0) is 18.6. The van der Waals surface area contributed by atoms with Crippen LogP contribution in [-0.2, 0) is 17.8 Å². The van der Waals surface area contributed by atoms with E-state index in [1.165, 1.54) is 10.9 Å². The van der Waals surface area contributed by atoms with Crippen molar-refractivity contribution >= 4 is 22.5 Å². The molecule has 0 unspecified atom stereocenters. The maximum atomic E-state index is 12.5. The van der Waals surface area contributed by atoms with Gasteiger partial charge in [0.15, 0.2) is 0 Å². The fourth-order valence-electron chi connectivity index (χ4n) is 3.27. The van der Waals surface area contributed by atoms with Gasteiger partial charge in [-0.05, 0) is 28.8 Å². The first-order valence-corrected chi connectivity index (χ1v) is 9.02. The number of benzene rings is 3. The van der Waals surface area contributed by atoms with Gasteiger partial charge in [-0.1, -0.05) is 72.3 Å². The lowest BCUT2D eigenvalue weighted by Gasteiger charge is -2.10. The Morgan fingerprint density at radius 3 is 2.63 bits per heavy atom. The lowest BCUT2D eigenvalue weighted by Crippen LogP contribution is -2.18. The van der Waals surface area contributed by atoms with E-state index in [4.69, 9.17) is 0 Å². The van der Waals surface area contributed by atoms with Crippen LogP contribution in [0.15, 0.2) is 79.0 Å². The van der Waals surface area contributed by atoms with Crippen LogP contribution in [0.2, 0.25) is 0 Å². The van der Waals surface area contributed by atoms with E-state index in [0.29, 0.717) is 18.8 Å². The summed E-state index contributed by atoms with van der Waals surface area (Å²) in [5.41, 5.74) is 3.36. The molecular weight excluding hydrogens is 334 g/mol. The number of hydrogen-bond acceptors (Lipinski definition) is 2. The third-order valence-corrected chi connectivity index (χ3v) is 4.58. The van der Waals surface area contributed by atoms with Crippen molar-refractivity contribution in [2.45, 2.75) is 19.9 Å². The van der Waals surface area contributed by atoms with E-state index < -0.39 is 0 Å². The molecule has 4 aromatic rings. The van der Waals surface area contributed by atoms with Crippen LogP contribution in [-0.4, -0.2) is 15.7 Å². The van der Waals surface area contributed by atoms with Crippen LogP contribution in [0.3, 0.4) is 0 Å². The molecule has 0 spiro atoms. The van der Waals surface area contributed by atoms with Crippen LogP contribution in [0.25, 0.3) is 10.8 Å². The van der Waals surface area contributed by atoms with Crippen molar-refractivity contribution < 1.29 is 4.79 Å². The minimum Gasteiger partial charge on any atom is -0.311 e. The molecule has 4 heteroatoms. The molecule has 0 aliphatic heterocycles. The van der Waals surface area contributed by atoms with Crippen molar-refractivity contribution in [1.29, 1.82) is 0 Å². The largest absolute Gasteiger partial charge is 0.311 e. The van der Waals surface area contributed by atoms with Gasteiger partial charge in [0.05, 0.1) is 19.2 Å². The van der Waals surface area contributed by atoms with Crippen molar-refractivity contribution in [3.8, 4) is 0 Å². The Kier molecular flexibility index (Phi) is 4.71. The molecule has 1 heterocycles. The van der Waals surface area contributed by atoms with E-state index >= 15 is 0 Å². The molecule has 0 atom stereocenters. The molecule has 1 amide bonds. The van der Waals surface area contributed by atoms with Crippen molar-refractivity contribution in [1.82, 2.24) is 9.78 Å². The number of aromatic nitrogens is 2. The van der Waals surface area contributed by atoms with Crippen LogP contribution in [0.4, 0.5) is 5.82 Å². The minimum atomic E-state index is -0.0451. The summed E-state index contributed by atoms with van der Waals surface area (Å²) in [6, 6.07) is 24.4. The van der Waals surface area contributed by atoms with Crippen LogP contribution in [0.1, 0.15) is 16.7 Å². The van der Waals surface area contributed by atoms with Gasteiger partial charge in [-0.2, -0.15) is 5.10 Å². The van der Waals surface area contributed by atoms with Gasteiger partial charge < -0.3 is 5.32 Å². The smallest absolute Gasteiger partial charge is 0.229 e. The monoisotopic (exact) mass is 355 g/mol. The Morgan fingerprint density at radius 1 is 0.926 bits per heavy atom. The summed E-state index contributed by atoms with van der Waals surface area (Å²) >= 11 is 0. The summed E-state index contributed by atoms with van der Waals surface area (Å²) in [6.45, 7) is 2.69. The first-order valence-electron chi connectivity index (χ1n) is 9.02. The molecular formula is C23H21N3O. The molecule has 0 aliphatic rings. The Hall–Kier alpha value is -3.40. The third-order valence-electron chi connectivity index (χ3n) is 4.58. The molecule has 1 N–H and O–H groups in total. The van der Waals surface area contributed by atoms with Gasteiger partial charge in [-0.3, -0.25) is 4.79 Å². The zero-order valence-corrected chi connectivity index (χ0v) is 15.2. The molecule has 0 aliphatic carbocycles.